The zero-order valence-electron chi connectivity index (χ0n) is 11.9. The van der Waals surface area contributed by atoms with Crippen molar-refractivity contribution in [1.29, 1.82) is 5.26 Å². The van der Waals surface area contributed by atoms with Crippen molar-refractivity contribution in [2.75, 3.05) is 12.8 Å². The predicted molar refractivity (Wildman–Crippen MR) is 78.4 cm³/mol. The van der Waals surface area contributed by atoms with E-state index in [4.69, 9.17) is 5.26 Å². The number of nitrogens with one attached hydrogen (secondary N) is 2. The molecule has 0 spiro atoms. The molecule has 1 aromatic carbocycles. The minimum atomic E-state index is -3.77. The fourth-order valence-corrected chi connectivity index (χ4v) is 3.89. The zero-order chi connectivity index (χ0) is 16.3. The molecule has 0 aliphatic carbocycles. The van der Waals surface area contributed by atoms with Gasteiger partial charge in [0.25, 0.3) is 0 Å². The quantitative estimate of drug-likeness (QED) is 0.770. The molecular weight excluding hydrogens is 314 g/mol. The van der Waals surface area contributed by atoms with Crippen LogP contribution in [0.2, 0.25) is 0 Å². The Morgan fingerprint density at radius 1 is 1.14 bits per heavy atom. The first-order valence-corrected chi connectivity index (χ1v) is 9.31. The topological polar surface area (TPSA) is 116 Å². The molecule has 1 rings (SSSR count). The summed E-state index contributed by atoms with van der Waals surface area (Å²) in [4.78, 5) is 0.0108. The van der Waals surface area contributed by atoms with Crippen LogP contribution in [0.4, 0.5) is 0 Å². The number of nitriles is 1. The highest BCUT2D eigenvalue weighted by molar-refractivity contribution is 7.89. The van der Waals surface area contributed by atoms with Gasteiger partial charge in [-0.2, -0.15) is 5.26 Å². The van der Waals surface area contributed by atoms with Crippen LogP contribution in [0.1, 0.15) is 19.4 Å². The average Bonchev–Trinajstić information content (AvgIpc) is 2.34. The Balaban J connectivity index is 2.84. The second-order valence-corrected chi connectivity index (χ2v) is 8.73. The number of hydrogen-bond acceptors (Lipinski definition) is 5. The van der Waals surface area contributed by atoms with Crippen molar-refractivity contribution in [2.45, 2.75) is 24.3 Å². The normalized spacial score (nSPS) is 12.9. The molecule has 0 aliphatic heterocycles. The molecule has 2 N–H and O–H groups in total. The summed E-state index contributed by atoms with van der Waals surface area (Å²) in [5.41, 5.74) is -0.610. The molecule has 0 aromatic heterocycles. The Bertz CT molecular complexity index is 745. The predicted octanol–water partition coefficient (Wildman–Crippen LogP) is 0.164. The molecule has 0 aliphatic rings. The van der Waals surface area contributed by atoms with Crippen molar-refractivity contribution in [3.8, 4) is 6.07 Å². The molecule has 0 bridgehead atoms. The van der Waals surface area contributed by atoms with E-state index >= 15 is 0 Å². The summed E-state index contributed by atoms with van der Waals surface area (Å²) in [7, 11) is -7.21. The summed E-state index contributed by atoms with van der Waals surface area (Å²) in [6.07, 6.45) is 1.00. The molecule has 1 aromatic rings. The van der Waals surface area contributed by atoms with Gasteiger partial charge < -0.3 is 0 Å². The lowest BCUT2D eigenvalue weighted by Gasteiger charge is -2.25. The highest BCUT2D eigenvalue weighted by Gasteiger charge is 2.25. The van der Waals surface area contributed by atoms with E-state index in [1.165, 1.54) is 24.3 Å². The first-order valence-electron chi connectivity index (χ1n) is 5.94. The molecule has 0 radical (unpaired) electrons. The van der Waals surface area contributed by atoms with E-state index in [0.717, 1.165) is 6.26 Å². The summed E-state index contributed by atoms with van der Waals surface area (Å²) < 4.78 is 51.2. The Morgan fingerprint density at radius 3 is 2.10 bits per heavy atom. The fourth-order valence-electron chi connectivity index (χ4n) is 1.61. The molecule has 21 heavy (non-hydrogen) atoms. The molecule has 0 saturated heterocycles. The lowest BCUT2D eigenvalue weighted by molar-refractivity contribution is 0.446. The van der Waals surface area contributed by atoms with E-state index in [1.54, 1.807) is 13.8 Å². The highest BCUT2D eigenvalue weighted by Crippen LogP contribution is 2.11. The van der Waals surface area contributed by atoms with Crippen LogP contribution in [0.15, 0.2) is 29.2 Å². The fraction of sp³-hybridized carbons (Fsp3) is 0.417. The van der Waals surface area contributed by atoms with Gasteiger partial charge in [0.1, 0.15) is 0 Å². The van der Waals surface area contributed by atoms with Gasteiger partial charge in [-0.15, -0.1) is 0 Å². The summed E-state index contributed by atoms with van der Waals surface area (Å²) in [5, 5.41) is 8.67. The maximum Gasteiger partial charge on any atom is 0.240 e. The molecule has 9 heteroatoms. The average molecular weight is 331 g/mol. The maximum absolute atomic E-state index is 12.1. The van der Waals surface area contributed by atoms with E-state index in [9.17, 15) is 16.8 Å². The minimum absolute atomic E-state index is 0.0108. The summed E-state index contributed by atoms with van der Waals surface area (Å²) in [6.45, 7) is 3.02. The molecule has 0 amide bonds. The first kappa shape index (κ1) is 17.6. The Morgan fingerprint density at radius 2 is 1.67 bits per heavy atom. The highest BCUT2D eigenvalue weighted by atomic mass is 32.2. The van der Waals surface area contributed by atoms with Crippen molar-refractivity contribution in [3.05, 3.63) is 29.8 Å². The van der Waals surface area contributed by atoms with Crippen LogP contribution >= 0.6 is 0 Å². The van der Waals surface area contributed by atoms with E-state index in [-0.39, 0.29) is 11.4 Å². The Labute approximate surface area is 125 Å². The van der Waals surface area contributed by atoms with Crippen LogP contribution in [0.5, 0.6) is 0 Å². The van der Waals surface area contributed by atoms with E-state index < -0.39 is 25.6 Å². The van der Waals surface area contributed by atoms with Gasteiger partial charge in [-0.1, -0.05) is 0 Å². The van der Waals surface area contributed by atoms with Crippen molar-refractivity contribution in [1.82, 2.24) is 9.44 Å². The molecule has 0 unspecified atom stereocenters. The van der Waals surface area contributed by atoms with Crippen LogP contribution in [0.3, 0.4) is 0 Å². The van der Waals surface area contributed by atoms with Crippen molar-refractivity contribution in [3.63, 3.8) is 0 Å². The van der Waals surface area contributed by atoms with Gasteiger partial charge in [0.05, 0.1) is 22.8 Å². The monoisotopic (exact) mass is 331 g/mol. The number of nitrogens with zero attached hydrogens (tertiary/aromatic N) is 1. The largest absolute Gasteiger partial charge is 0.240 e. The van der Waals surface area contributed by atoms with Gasteiger partial charge in [0.15, 0.2) is 0 Å². The van der Waals surface area contributed by atoms with Crippen molar-refractivity contribution >= 4 is 20.0 Å². The van der Waals surface area contributed by atoms with Gasteiger partial charge >= 0.3 is 0 Å². The van der Waals surface area contributed by atoms with E-state index in [2.05, 4.69) is 9.44 Å². The van der Waals surface area contributed by atoms with Crippen LogP contribution in [-0.2, 0) is 20.0 Å². The number of hydrogen-bond donors (Lipinski definition) is 2. The number of sulfonamides is 2. The standard InChI is InChI=1S/C12H17N3O4S2/c1-12(2,15-20(3,16)17)9-14-21(18,19)11-6-4-10(8-13)5-7-11/h4-7,14-15H,9H2,1-3H3. The van der Waals surface area contributed by atoms with Crippen LogP contribution in [0.25, 0.3) is 0 Å². The molecular formula is C12H17N3O4S2. The molecule has 7 nitrogen and oxygen atoms in total. The second kappa shape index (κ2) is 6.11. The third kappa shape index (κ3) is 5.81. The minimum Gasteiger partial charge on any atom is -0.213 e. The van der Waals surface area contributed by atoms with E-state index in [0.29, 0.717) is 5.56 Å². The molecule has 0 atom stereocenters. The molecule has 0 heterocycles. The maximum atomic E-state index is 12.1. The molecule has 116 valence electrons. The third-order valence-corrected chi connectivity index (χ3v) is 4.80. The van der Waals surface area contributed by atoms with Gasteiger partial charge in [0.2, 0.25) is 20.0 Å². The van der Waals surface area contributed by atoms with Gasteiger partial charge in [-0.3, -0.25) is 0 Å². The van der Waals surface area contributed by atoms with Gasteiger partial charge in [-0.05, 0) is 38.1 Å². The first-order chi connectivity index (χ1) is 9.45. The smallest absolute Gasteiger partial charge is 0.213 e. The van der Waals surface area contributed by atoms with Crippen LogP contribution < -0.4 is 9.44 Å². The van der Waals surface area contributed by atoms with Gasteiger partial charge in [-0.25, -0.2) is 26.3 Å². The summed E-state index contributed by atoms with van der Waals surface area (Å²) in [6, 6.07) is 7.32. The van der Waals surface area contributed by atoms with Gasteiger partial charge in [0, 0.05) is 12.1 Å². The molecule has 0 fully saturated rings. The second-order valence-electron chi connectivity index (χ2n) is 5.22. The third-order valence-electron chi connectivity index (χ3n) is 2.46. The van der Waals surface area contributed by atoms with E-state index in [1.807, 2.05) is 6.07 Å². The Hall–Kier alpha value is -1.47. The Kier molecular flexibility index (Phi) is 5.11. The van der Waals surface area contributed by atoms with Crippen LogP contribution in [0, 0.1) is 11.3 Å². The van der Waals surface area contributed by atoms with Crippen molar-refractivity contribution in [2.24, 2.45) is 0 Å². The zero-order valence-corrected chi connectivity index (χ0v) is 13.5. The van der Waals surface area contributed by atoms with Crippen molar-refractivity contribution < 1.29 is 16.8 Å². The molecule has 0 saturated carbocycles. The number of rotatable bonds is 6. The van der Waals surface area contributed by atoms with Crippen LogP contribution in [-0.4, -0.2) is 35.2 Å². The SMILES string of the molecule is CC(C)(CNS(=O)(=O)c1ccc(C#N)cc1)NS(C)(=O)=O. The lowest BCUT2D eigenvalue weighted by atomic mass is 10.1. The summed E-state index contributed by atoms with van der Waals surface area (Å²) in [5.74, 6) is 0. The lowest BCUT2D eigenvalue weighted by Crippen LogP contribution is -2.50. The number of benzene rings is 1. The summed E-state index contributed by atoms with van der Waals surface area (Å²) >= 11 is 0.